The number of carbonyl (C=O) groups is 1. The summed E-state index contributed by atoms with van der Waals surface area (Å²) in [6.45, 7) is 0. The summed E-state index contributed by atoms with van der Waals surface area (Å²) in [5.41, 5.74) is 0.269. The van der Waals surface area contributed by atoms with Crippen molar-refractivity contribution in [3.63, 3.8) is 0 Å². The molecule has 0 saturated heterocycles. The summed E-state index contributed by atoms with van der Waals surface area (Å²) in [6.07, 6.45) is 3.85. The molecule has 4 rings (SSSR count). The van der Waals surface area contributed by atoms with Crippen molar-refractivity contribution in [2.45, 2.75) is 5.16 Å². The van der Waals surface area contributed by atoms with Gasteiger partial charge in [-0.2, -0.15) is 0 Å². The number of carbonyl (C=O) groups excluding carboxylic acids is 1. The Bertz CT molecular complexity index is 1200. The molecule has 0 amide bonds. The maximum atomic E-state index is 14.6. The zero-order valence-corrected chi connectivity index (χ0v) is 15.3. The van der Waals surface area contributed by atoms with E-state index in [0.29, 0.717) is 16.8 Å². The molecule has 0 radical (unpaired) electrons. The number of aldehydes is 1. The van der Waals surface area contributed by atoms with E-state index >= 15 is 0 Å². The van der Waals surface area contributed by atoms with Gasteiger partial charge in [0.25, 0.3) is 0 Å². The highest BCUT2D eigenvalue weighted by Crippen LogP contribution is 2.34. The van der Waals surface area contributed by atoms with Crippen LogP contribution in [-0.4, -0.2) is 27.1 Å². The predicted molar refractivity (Wildman–Crippen MR) is 101 cm³/mol. The lowest BCUT2D eigenvalue weighted by atomic mass is 10.1. The van der Waals surface area contributed by atoms with Crippen molar-refractivity contribution < 1.29 is 18.0 Å². The Morgan fingerprint density at radius 3 is 2.46 bits per heavy atom. The van der Waals surface area contributed by atoms with Gasteiger partial charge in [-0.1, -0.05) is 17.8 Å². The smallest absolute Gasteiger partial charge is 0.189 e. The molecule has 28 heavy (non-hydrogen) atoms. The maximum Gasteiger partial charge on any atom is 0.189 e. The Hall–Kier alpha value is -3.13. The van der Waals surface area contributed by atoms with Crippen LogP contribution in [0.5, 0.6) is 0 Å². The van der Waals surface area contributed by atoms with Gasteiger partial charge in [0.1, 0.15) is 35.1 Å². The van der Waals surface area contributed by atoms with Crippen LogP contribution in [0.15, 0.2) is 53.8 Å². The molecule has 0 fully saturated rings. The molecule has 2 aromatic heterocycles. The number of fused-ring (bicyclic) bond motifs is 1. The van der Waals surface area contributed by atoms with Crippen LogP contribution in [-0.2, 0) is 0 Å². The van der Waals surface area contributed by atoms with Crippen LogP contribution in [0.3, 0.4) is 0 Å². The molecule has 0 aliphatic carbocycles. The molecule has 4 aromatic rings. The summed E-state index contributed by atoms with van der Waals surface area (Å²) in [4.78, 5) is 19.7. The molecule has 0 bridgehead atoms. The number of aromatic nitrogens is 3. The quantitative estimate of drug-likeness (QED) is 0.274. The minimum atomic E-state index is -0.824. The van der Waals surface area contributed by atoms with E-state index in [1.54, 1.807) is 6.26 Å². The standard InChI is InChI=1S/C20H12F3N3OS/c1-28-20-24-9-12-8-17(13-7-11(10-27)5-6-14(13)21)26(19(12)25-20)18-15(22)3-2-4-16(18)23/h2-10H,1H3. The first kappa shape index (κ1) is 18.2. The van der Waals surface area contributed by atoms with E-state index < -0.39 is 17.5 Å². The van der Waals surface area contributed by atoms with E-state index in [1.807, 2.05) is 0 Å². The van der Waals surface area contributed by atoms with Crippen LogP contribution in [0.2, 0.25) is 0 Å². The molecule has 0 N–H and O–H groups in total. The number of benzene rings is 2. The first-order chi connectivity index (χ1) is 13.5. The van der Waals surface area contributed by atoms with Crippen molar-refractivity contribution in [2.24, 2.45) is 0 Å². The average Bonchev–Trinajstić information content (AvgIpc) is 3.06. The van der Waals surface area contributed by atoms with Crippen molar-refractivity contribution in [1.82, 2.24) is 14.5 Å². The molecule has 0 aliphatic heterocycles. The Morgan fingerprint density at radius 2 is 1.79 bits per heavy atom. The van der Waals surface area contributed by atoms with Gasteiger partial charge >= 0.3 is 0 Å². The molecule has 4 nitrogen and oxygen atoms in total. The maximum absolute atomic E-state index is 14.6. The number of halogens is 3. The number of thioether (sulfide) groups is 1. The second-order valence-corrected chi connectivity index (χ2v) is 6.70. The van der Waals surface area contributed by atoms with E-state index in [0.717, 1.165) is 18.2 Å². The summed E-state index contributed by atoms with van der Waals surface area (Å²) in [6, 6.07) is 8.81. The van der Waals surface area contributed by atoms with Crippen LogP contribution >= 0.6 is 11.8 Å². The van der Waals surface area contributed by atoms with Gasteiger partial charge < -0.3 is 0 Å². The zero-order chi connectivity index (χ0) is 19.8. The van der Waals surface area contributed by atoms with Crippen molar-refractivity contribution in [3.05, 3.63) is 71.7 Å². The van der Waals surface area contributed by atoms with E-state index in [2.05, 4.69) is 9.97 Å². The molecule has 0 unspecified atom stereocenters. The van der Waals surface area contributed by atoms with Gasteiger partial charge in [0.05, 0.1) is 5.69 Å². The molecule has 140 valence electrons. The first-order valence-electron chi connectivity index (χ1n) is 8.15. The van der Waals surface area contributed by atoms with Crippen molar-refractivity contribution >= 4 is 29.1 Å². The second kappa shape index (κ2) is 7.12. The fourth-order valence-corrected chi connectivity index (χ4v) is 3.35. The molecular formula is C20H12F3N3OS. The largest absolute Gasteiger partial charge is 0.298 e. The van der Waals surface area contributed by atoms with Gasteiger partial charge in [-0.15, -0.1) is 0 Å². The van der Waals surface area contributed by atoms with Gasteiger partial charge in [0, 0.05) is 22.7 Å². The van der Waals surface area contributed by atoms with Crippen LogP contribution < -0.4 is 0 Å². The molecule has 0 atom stereocenters. The fourth-order valence-electron chi connectivity index (χ4n) is 3.01. The van der Waals surface area contributed by atoms with E-state index in [-0.39, 0.29) is 28.2 Å². The van der Waals surface area contributed by atoms with Crippen molar-refractivity contribution in [1.29, 1.82) is 0 Å². The minimum Gasteiger partial charge on any atom is -0.298 e. The van der Waals surface area contributed by atoms with Gasteiger partial charge in [0.15, 0.2) is 5.16 Å². The monoisotopic (exact) mass is 399 g/mol. The van der Waals surface area contributed by atoms with Crippen molar-refractivity contribution in [3.8, 4) is 16.9 Å². The normalized spacial score (nSPS) is 11.1. The number of para-hydroxylation sites is 1. The molecule has 2 heterocycles. The number of hydrogen-bond donors (Lipinski definition) is 0. The molecular weight excluding hydrogens is 387 g/mol. The summed E-state index contributed by atoms with van der Waals surface area (Å²) >= 11 is 1.27. The lowest BCUT2D eigenvalue weighted by Crippen LogP contribution is -2.05. The van der Waals surface area contributed by atoms with E-state index in [4.69, 9.17) is 0 Å². The Balaban J connectivity index is 2.14. The third kappa shape index (κ3) is 2.95. The lowest BCUT2D eigenvalue weighted by Gasteiger charge is -2.13. The van der Waals surface area contributed by atoms with Gasteiger partial charge in [0.2, 0.25) is 0 Å². The third-order valence-electron chi connectivity index (χ3n) is 4.26. The highest BCUT2D eigenvalue weighted by Gasteiger charge is 2.22. The molecule has 0 saturated carbocycles. The van der Waals surface area contributed by atoms with Gasteiger partial charge in [-0.25, -0.2) is 23.1 Å². The fraction of sp³-hybridized carbons (Fsp3) is 0.0500. The minimum absolute atomic E-state index is 0.0240. The number of rotatable bonds is 4. The average molecular weight is 399 g/mol. The molecule has 8 heteroatoms. The topological polar surface area (TPSA) is 47.8 Å². The molecule has 2 aromatic carbocycles. The SMILES string of the molecule is CSc1ncc2cc(-c3cc(C=O)ccc3F)n(-c3c(F)cccc3F)c2n1. The highest BCUT2D eigenvalue weighted by molar-refractivity contribution is 7.98. The lowest BCUT2D eigenvalue weighted by molar-refractivity contribution is 0.112. The molecule has 0 aliphatic rings. The Labute approximate surface area is 162 Å². The zero-order valence-electron chi connectivity index (χ0n) is 14.5. The van der Waals surface area contributed by atoms with Crippen LogP contribution in [0.1, 0.15) is 10.4 Å². The Kier molecular flexibility index (Phi) is 4.64. The van der Waals surface area contributed by atoms with Gasteiger partial charge in [-0.05, 0) is 42.7 Å². The third-order valence-corrected chi connectivity index (χ3v) is 4.83. The summed E-state index contributed by atoms with van der Waals surface area (Å²) in [7, 11) is 0. The van der Waals surface area contributed by atoms with Crippen LogP contribution in [0, 0.1) is 17.5 Å². The number of hydrogen-bond acceptors (Lipinski definition) is 4. The van der Waals surface area contributed by atoms with E-state index in [1.165, 1.54) is 46.8 Å². The summed E-state index contributed by atoms with van der Waals surface area (Å²) in [5, 5.41) is 0.878. The Morgan fingerprint density at radius 1 is 1.04 bits per heavy atom. The summed E-state index contributed by atoms with van der Waals surface area (Å²) < 4.78 is 45.0. The van der Waals surface area contributed by atoms with E-state index in [9.17, 15) is 18.0 Å². The molecule has 0 spiro atoms. The van der Waals surface area contributed by atoms with Crippen LogP contribution in [0.4, 0.5) is 13.2 Å². The highest BCUT2D eigenvalue weighted by atomic mass is 32.2. The second-order valence-electron chi connectivity index (χ2n) is 5.93. The predicted octanol–water partition coefficient (Wildman–Crippen LogP) is 5.04. The van der Waals surface area contributed by atoms with Crippen molar-refractivity contribution in [2.75, 3.05) is 6.26 Å². The first-order valence-corrected chi connectivity index (χ1v) is 9.38. The van der Waals surface area contributed by atoms with Crippen LogP contribution in [0.25, 0.3) is 28.0 Å². The van der Waals surface area contributed by atoms with Gasteiger partial charge in [-0.3, -0.25) is 9.36 Å². The number of nitrogens with zero attached hydrogens (tertiary/aromatic N) is 3. The summed E-state index contributed by atoms with van der Waals surface area (Å²) in [5.74, 6) is -2.28.